The van der Waals surface area contributed by atoms with Crippen molar-refractivity contribution in [2.75, 3.05) is 18.9 Å². The van der Waals surface area contributed by atoms with Crippen LogP contribution in [-0.2, 0) is 13.7 Å². The Bertz CT molecular complexity index is 220. The van der Waals surface area contributed by atoms with Crippen LogP contribution < -0.4 is 0 Å². The molecule has 8 heteroatoms. The fraction of sp³-hybridized carbons (Fsp3) is 1.00. The number of hydrogen-bond donors (Lipinski definition) is 3. The van der Waals surface area contributed by atoms with Crippen molar-refractivity contribution in [1.82, 2.24) is 0 Å². The number of hydrogen-bond acceptors (Lipinski definition) is 3. The van der Waals surface area contributed by atoms with E-state index < -0.39 is 27.5 Å². The summed E-state index contributed by atoms with van der Waals surface area (Å²) in [4.78, 5) is 25.6. The Labute approximate surface area is 70.3 Å². The van der Waals surface area contributed by atoms with Gasteiger partial charge in [0.2, 0.25) is 0 Å². The van der Waals surface area contributed by atoms with E-state index in [0.717, 1.165) is 0 Å². The van der Waals surface area contributed by atoms with Crippen LogP contribution in [0.2, 0.25) is 0 Å². The summed E-state index contributed by atoms with van der Waals surface area (Å²) in [5, 5.41) is 0. The highest BCUT2D eigenvalue weighted by atomic mass is 31.2. The van der Waals surface area contributed by atoms with Crippen LogP contribution in [0.4, 0.5) is 0 Å². The third kappa shape index (κ3) is 6.98. The smallest absolute Gasteiger partial charge is 0.324 e. The Kier molecular flexibility index (Phi) is 4.62. The average Bonchev–Trinajstić information content (AvgIpc) is 1.83. The molecule has 0 aromatic carbocycles. The molecule has 3 N–H and O–H groups in total. The molecule has 0 spiro atoms. The standard InChI is InChI=1S/C4H12O6P2/c1-2-10-12(8,9)4-3-11(5,6)7/h2-4H2,1H3,(H,8,9)(H2,5,6,7). The van der Waals surface area contributed by atoms with Gasteiger partial charge in [0.1, 0.15) is 0 Å². The summed E-state index contributed by atoms with van der Waals surface area (Å²) in [6.45, 7) is 1.58. The van der Waals surface area contributed by atoms with Crippen LogP contribution in [0.5, 0.6) is 0 Å². The van der Waals surface area contributed by atoms with Crippen LogP contribution in [0.1, 0.15) is 6.92 Å². The molecule has 0 aliphatic heterocycles. The van der Waals surface area contributed by atoms with Gasteiger partial charge in [-0.1, -0.05) is 0 Å². The summed E-state index contributed by atoms with van der Waals surface area (Å²) >= 11 is 0. The SMILES string of the molecule is CCOP(=O)(O)CCP(=O)(O)O. The van der Waals surface area contributed by atoms with Crippen LogP contribution >= 0.6 is 15.2 Å². The zero-order valence-corrected chi connectivity index (χ0v) is 8.37. The van der Waals surface area contributed by atoms with Crippen molar-refractivity contribution in [1.29, 1.82) is 0 Å². The maximum atomic E-state index is 10.9. The van der Waals surface area contributed by atoms with Crippen molar-refractivity contribution < 1.29 is 28.3 Å². The zero-order chi connectivity index (χ0) is 9.83. The molecule has 0 radical (unpaired) electrons. The van der Waals surface area contributed by atoms with E-state index >= 15 is 0 Å². The summed E-state index contributed by atoms with van der Waals surface area (Å²) in [7, 11) is -7.98. The summed E-state index contributed by atoms with van der Waals surface area (Å²) < 4.78 is 25.5. The second-order valence-corrected chi connectivity index (χ2v) is 5.92. The molecule has 1 atom stereocenters. The maximum absolute atomic E-state index is 10.9. The van der Waals surface area contributed by atoms with Gasteiger partial charge in [0.05, 0.1) is 18.9 Å². The molecule has 1 unspecified atom stereocenters. The van der Waals surface area contributed by atoms with E-state index in [4.69, 9.17) is 14.7 Å². The van der Waals surface area contributed by atoms with E-state index in [1.165, 1.54) is 6.92 Å². The Balaban J connectivity index is 3.93. The highest BCUT2D eigenvalue weighted by Gasteiger charge is 2.24. The lowest BCUT2D eigenvalue weighted by Crippen LogP contribution is -1.99. The van der Waals surface area contributed by atoms with E-state index in [2.05, 4.69) is 4.52 Å². The molecule has 0 heterocycles. The van der Waals surface area contributed by atoms with Gasteiger partial charge < -0.3 is 19.2 Å². The minimum absolute atomic E-state index is 0.0505. The fourth-order valence-corrected chi connectivity index (χ4v) is 3.11. The molecule has 0 aliphatic rings. The van der Waals surface area contributed by atoms with Gasteiger partial charge in [-0.15, -0.1) is 0 Å². The molecule has 6 nitrogen and oxygen atoms in total. The lowest BCUT2D eigenvalue weighted by molar-refractivity contribution is 0.274. The summed E-state index contributed by atoms with van der Waals surface area (Å²) in [6.07, 6.45) is -1.13. The van der Waals surface area contributed by atoms with Gasteiger partial charge in [0, 0.05) is 0 Å². The first kappa shape index (κ1) is 12.3. The van der Waals surface area contributed by atoms with E-state index in [-0.39, 0.29) is 6.61 Å². The van der Waals surface area contributed by atoms with Crippen molar-refractivity contribution in [2.45, 2.75) is 6.92 Å². The maximum Gasteiger partial charge on any atom is 0.328 e. The van der Waals surface area contributed by atoms with Gasteiger partial charge in [0.15, 0.2) is 0 Å². The largest absolute Gasteiger partial charge is 0.328 e. The molecule has 0 saturated heterocycles. The lowest BCUT2D eigenvalue weighted by Gasteiger charge is -2.10. The molecule has 0 bridgehead atoms. The topological polar surface area (TPSA) is 104 Å². The Hall–Kier alpha value is 0.300. The first-order valence-electron chi connectivity index (χ1n) is 3.28. The van der Waals surface area contributed by atoms with Crippen molar-refractivity contribution in [3.05, 3.63) is 0 Å². The molecular weight excluding hydrogens is 206 g/mol. The van der Waals surface area contributed by atoms with Crippen molar-refractivity contribution in [2.24, 2.45) is 0 Å². The van der Waals surface area contributed by atoms with Crippen LogP contribution in [0, 0.1) is 0 Å². The quantitative estimate of drug-likeness (QED) is 0.576. The van der Waals surface area contributed by atoms with Crippen molar-refractivity contribution >= 4 is 15.2 Å². The van der Waals surface area contributed by atoms with Gasteiger partial charge in [-0.05, 0) is 6.92 Å². The highest BCUT2D eigenvalue weighted by Crippen LogP contribution is 2.46. The molecule has 0 aromatic rings. The number of rotatable bonds is 5. The average molecular weight is 218 g/mol. The van der Waals surface area contributed by atoms with Gasteiger partial charge in [-0.2, -0.15) is 0 Å². The predicted octanol–water partition coefficient (Wildman–Crippen LogP) is 0.386. The first-order valence-corrected chi connectivity index (χ1v) is 6.84. The lowest BCUT2D eigenvalue weighted by atomic mass is 10.9. The van der Waals surface area contributed by atoms with Gasteiger partial charge in [-0.3, -0.25) is 9.13 Å². The molecule has 0 aliphatic carbocycles. The second kappa shape index (κ2) is 4.51. The summed E-state index contributed by atoms with van der Waals surface area (Å²) in [5.74, 6) is 0. The molecule has 0 fully saturated rings. The van der Waals surface area contributed by atoms with E-state index in [0.29, 0.717) is 0 Å². The molecule has 0 amide bonds. The molecule has 74 valence electrons. The van der Waals surface area contributed by atoms with Crippen LogP contribution in [0.3, 0.4) is 0 Å². The molecule has 0 rings (SSSR count). The van der Waals surface area contributed by atoms with Crippen LogP contribution in [0.15, 0.2) is 0 Å². The Morgan fingerprint density at radius 1 is 1.17 bits per heavy atom. The molecule has 0 saturated carbocycles. The van der Waals surface area contributed by atoms with E-state index in [1.54, 1.807) is 0 Å². The Morgan fingerprint density at radius 3 is 2.00 bits per heavy atom. The normalized spacial score (nSPS) is 17.3. The van der Waals surface area contributed by atoms with Crippen molar-refractivity contribution in [3.8, 4) is 0 Å². The Morgan fingerprint density at radius 2 is 1.67 bits per heavy atom. The minimum atomic E-state index is -4.20. The van der Waals surface area contributed by atoms with Crippen LogP contribution in [-0.4, -0.2) is 33.6 Å². The molecular formula is C4H12O6P2. The third-order valence-electron chi connectivity index (χ3n) is 1.00. The van der Waals surface area contributed by atoms with Gasteiger partial charge in [0.25, 0.3) is 0 Å². The van der Waals surface area contributed by atoms with Crippen molar-refractivity contribution in [3.63, 3.8) is 0 Å². The fourth-order valence-electron chi connectivity index (χ4n) is 0.523. The first-order chi connectivity index (χ1) is 5.27. The summed E-state index contributed by atoms with van der Waals surface area (Å²) in [5.41, 5.74) is 0. The second-order valence-electron chi connectivity index (χ2n) is 2.17. The van der Waals surface area contributed by atoms with Gasteiger partial charge in [-0.25, -0.2) is 0 Å². The summed E-state index contributed by atoms with van der Waals surface area (Å²) in [6, 6.07) is 0. The minimum Gasteiger partial charge on any atom is -0.324 e. The zero-order valence-electron chi connectivity index (χ0n) is 6.58. The molecule has 0 aromatic heterocycles. The predicted molar refractivity (Wildman–Crippen MR) is 43.2 cm³/mol. The molecule has 12 heavy (non-hydrogen) atoms. The van der Waals surface area contributed by atoms with Gasteiger partial charge >= 0.3 is 15.2 Å². The monoisotopic (exact) mass is 218 g/mol. The van der Waals surface area contributed by atoms with Crippen LogP contribution in [0.25, 0.3) is 0 Å². The third-order valence-corrected chi connectivity index (χ3v) is 3.61. The van der Waals surface area contributed by atoms with E-state index in [1.807, 2.05) is 0 Å². The highest BCUT2D eigenvalue weighted by molar-refractivity contribution is 7.56. The van der Waals surface area contributed by atoms with E-state index in [9.17, 15) is 9.13 Å².